The van der Waals surface area contributed by atoms with Crippen LogP contribution in [0.4, 0.5) is 0 Å². The summed E-state index contributed by atoms with van der Waals surface area (Å²) in [6, 6.07) is 0. The molecule has 0 saturated heterocycles. The molecule has 0 radical (unpaired) electrons. The molecule has 0 fully saturated rings. The Hall–Kier alpha value is 0.430. The van der Waals surface area contributed by atoms with E-state index in [1.165, 1.54) is 0 Å². The van der Waals surface area contributed by atoms with Gasteiger partial charge in [0.2, 0.25) is 5.24 Å². The number of halogens is 1. The van der Waals surface area contributed by atoms with Crippen molar-refractivity contribution in [2.24, 2.45) is 0 Å². The first-order valence-electron chi connectivity index (χ1n) is 2.60. The minimum atomic E-state index is -0.542. The first-order chi connectivity index (χ1) is 4.09. The predicted molar refractivity (Wildman–Crippen MR) is 43.7 cm³/mol. The highest BCUT2D eigenvalue weighted by Crippen LogP contribution is 2.21. The van der Waals surface area contributed by atoms with Crippen LogP contribution in [0, 0.1) is 0 Å². The Morgan fingerprint density at radius 3 is 2.00 bits per heavy atom. The fourth-order valence-corrected chi connectivity index (χ4v) is 2.21. The van der Waals surface area contributed by atoms with Crippen LogP contribution in [0.25, 0.3) is 0 Å². The monoisotopic (exact) mass is 170 g/mol. The van der Waals surface area contributed by atoms with E-state index in [9.17, 15) is 0 Å². The van der Waals surface area contributed by atoms with Crippen LogP contribution in [-0.4, -0.2) is 25.9 Å². The van der Waals surface area contributed by atoms with Crippen LogP contribution >= 0.6 is 22.1 Å². The van der Waals surface area contributed by atoms with Gasteiger partial charge in [-0.1, -0.05) is 13.8 Å². The zero-order valence-corrected chi connectivity index (χ0v) is 7.04. The number of hydrogen-bond acceptors (Lipinski definition) is 0. The lowest BCUT2D eigenvalue weighted by Crippen LogP contribution is -2.02. The van der Waals surface area contributed by atoms with Crippen molar-refractivity contribution in [3.63, 3.8) is 0 Å². The molecule has 0 heterocycles. The maximum Gasteiger partial charge on any atom is 0.206 e. The topological polar surface area (TPSA) is 40.5 Å². The molecule has 0 aliphatic heterocycles. The fraction of sp³-hybridized carbons (Fsp3) is 0.800. The number of rotatable bonds is 2. The molecular formula is C5H11ClO2S. The Morgan fingerprint density at radius 2 is 2.00 bits per heavy atom. The Labute approximate surface area is 62.4 Å². The maximum atomic E-state index is 8.58. The molecule has 0 spiro atoms. The summed E-state index contributed by atoms with van der Waals surface area (Å²) >= 11 is 5.43. The molecule has 1 unspecified atom stereocenters. The molecule has 0 aromatic rings. The highest BCUT2D eigenvalue weighted by Gasteiger charge is 2.03. The van der Waals surface area contributed by atoms with Crippen LogP contribution in [0.2, 0.25) is 0 Å². The van der Waals surface area contributed by atoms with Gasteiger partial charge in [0.15, 0.2) is 0 Å². The molecule has 4 heteroatoms. The Kier molecular flexibility index (Phi) is 4.48. The van der Waals surface area contributed by atoms with Crippen LogP contribution in [-0.2, 0) is 0 Å². The van der Waals surface area contributed by atoms with E-state index in [-0.39, 0.29) is 5.25 Å². The molecule has 56 valence electrons. The summed E-state index contributed by atoms with van der Waals surface area (Å²) < 4.78 is 0. The number of aliphatic hydroxyl groups is 2. The standard InChI is InChI=1S/C5H11ClO2S/c1-4(2)9(3-6)5(7)8/h4,7-8H,3H2,1-2H3. The summed E-state index contributed by atoms with van der Waals surface area (Å²) in [7, 11) is -0.542. The zero-order valence-electron chi connectivity index (χ0n) is 5.47. The summed E-state index contributed by atoms with van der Waals surface area (Å²) in [6.07, 6.45) is 0. The van der Waals surface area contributed by atoms with Crippen LogP contribution in [0.3, 0.4) is 0 Å². The molecule has 0 bridgehead atoms. The van der Waals surface area contributed by atoms with Gasteiger partial charge in [0.25, 0.3) is 0 Å². The first kappa shape index (κ1) is 9.43. The van der Waals surface area contributed by atoms with E-state index in [0.29, 0.717) is 5.21 Å². The normalized spacial score (nSPS) is 14.0. The van der Waals surface area contributed by atoms with Gasteiger partial charge >= 0.3 is 0 Å². The molecule has 0 rings (SSSR count). The zero-order chi connectivity index (χ0) is 7.44. The van der Waals surface area contributed by atoms with Crippen LogP contribution in [0.15, 0.2) is 0 Å². The van der Waals surface area contributed by atoms with Crippen LogP contribution in [0.1, 0.15) is 13.8 Å². The number of hydrogen-bond donors (Lipinski definition) is 2. The molecule has 0 saturated carbocycles. The van der Waals surface area contributed by atoms with Crippen molar-refractivity contribution < 1.29 is 10.2 Å². The smallest absolute Gasteiger partial charge is 0.206 e. The van der Waals surface area contributed by atoms with Gasteiger partial charge in [-0.2, -0.15) is 0 Å². The molecular weight excluding hydrogens is 160 g/mol. The van der Waals surface area contributed by atoms with E-state index in [1.807, 2.05) is 13.8 Å². The summed E-state index contributed by atoms with van der Waals surface area (Å²) in [5.41, 5.74) is 0. The lowest BCUT2D eigenvalue weighted by atomic mass is 10.6. The van der Waals surface area contributed by atoms with E-state index in [4.69, 9.17) is 21.8 Å². The molecule has 0 aliphatic carbocycles. The average Bonchev–Trinajstić information content (AvgIpc) is 1.64. The molecule has 0 aromatic carbocycles. The second-order valence-corrected chi connectivity index (χ2v) is 4.91. The van der Waals surface area contributed by atoms with Gasteiger partial charge in [-0.05, 0) is 5.25 Å². The predicted octanol–water partition coefficient (Wildman–Crippen LogP) is 2.06. The minimum Gasteiger partial charge on any atom is -0.337 e. The Bertz CT molecular complexity index is 118. The van der Waals surface area contributed by atoms with Crippen molar-refractivity contribution in [2.75, 3.05) is 5.21 Å². The van der Waals surface area contributed by atoms with E-state index in [2.05, 4.69) is 0 Å². The second kappa shape index (κ2) is 4.28. The van der Waals surface area contributed by atoms with Gasteiger partial charge in [0.05, 0.1) is 5.21 Å². The van der Waals surface area contributed by atoms with Gasteiger partial charge in [0.1, 0.15) is 0 Å². The van der Waals surface area contributed by atoms with E-state index >= 15 is 0 Å². The fourth-order valence-electron chi connectivity index (χ4n) is 0.386. The molecule has 0 amide bonds. The third-order valence-corrected chi connectivity index (χ3v) is 3.47. The summed E-state index contributed by atoms with van der Waals surface area (Å²) in [5.74, 6) is 0. The Morgan fingerprint density at radius 1 is 1.56 bits per heavy atom. The van der Waals surface area contributed by atoms with Crippen molar-refractivity contribution in [1.29, 1.82) is 0 Å². The quantitative estimate of drug-likeness (QED) is 0.492. The van der Waals surface area contributed by atoms with Gasteiger partial charge in [-0.25, -0.2) is 0 Å². The van der Waals surface area contributed by atoms with E-state index in [0.717, 1.165) is 0 Å². The van der Waals surface area contributed by atoms with Gasteiger partial charge in [-0.15, -0.1) is 22.1 Å². The third kappa shape index (κ3) is 3.20. The largest absolute Gasteiger partial charge is 0.337 e. The first-order valence-corrected chi connectivity index (χ1v) is 4.59. The second-order valence-electron chi connectivity index (χ2n) is 1.87. The number of alkyl halides is 1. The van der Waals surface area contributed by atoms with Crippen LogP contribution in [0.5, 0.6) is 0 Å². The highest BCUT2D eigenvalue weighted by atomic mass is 35.5. The molecule has 2 nitrogen and oxygen atoms in total. The summed E-state index contributed by atoms with van der Waals surface area (Å²) in [6.45, 7) is 3.80. The highest BCUT2D eigenvalue weighted by molar-refractivity contribution is 8.16. The Balaban J connectivity index is 4.16. The van der Waals surface area contributed by atoms with Crippen LogP contribution < -0.4 is 0 Å². The van der Waals surface area contributed by atoms with Crippen molar-refractivity contribution in [3.05, 3.63) is 0 Å². The van der Waals surface area contributed by atoms with E-state index < -0.39 is 15.7 Å². The molecule has 1 atom stereocenters. The lowest BCUT2D eigenvalue weighted by molar-refractivity contribution is 0.384. The van der Waals surface area contributed by atoms with Crippen molar-refractivity contribution in [1.82, 2.24) is 0 Å². The van der Waals surface area contributed by atoms with Crippen molar-refractivity contribution in [3.8, 4) is 0 Å². The number of aliphatic hydroxyl groups excluding tert-OH is 1. The van der Waals surface area contributed by atoms with E-state index in [1.54, 1.807) is 0 Å². The molecule has 2 N–H and O–H groups in total. The SMILES string of the molecule is CC(C)S(CCl)=C(O)O. The van der Waals surface area contributed by atoms with Gasteiger partial charge in [-0.3, -0.25) is 0 Å². The van der Waals surface area contributed by atoms with Gasteiger partial charge in [0, 0.05) is 0 Å². The molecule has 0 aromatic heterocycles. The van der Waals surface area contributed by atoms with Crippen molar-refractivity contribution >= 4 is 27.3 Å². The maximum absolute atomic E-state index is 8.58. The third-order valence-electron chi connectivity index (χ3n) is 0.921. The molecule has 0 aliphatic rings. The van der Waals surface area contributed by atoms with Gasteiger partial charge < -0.3 is 10.2 Å². The summed E-state index contributed by atoms with van der Waals surface area (Å²) in [5, 5.41) is 17.1. The minimum absolute atomic E-state index is 0.215. The van der Waals surface area contributed by atoms with Crippen molar-refractivity contribution in [2.45, 2.75) is 19.1 Å². The average molecular weight is 171 g/mol. The molecule has 9 heavy (non-hydrogen) atoms. The lowest BCUT2D eigenvalue weighted by Gasteiger charge is -2.08. The summed E-state index contributed by atoms with van der Waals surface area (Å²) in [4.78, 5) is 0.